The second-order valence-electron chi connectivity index (χ2n) is 5.02. The van der Waals surface area contributed by atoms with Crippen molar-refractivity contribution in [3.8, 4) is 17.2 Å². The van der Waals surface area contributed by atoms with Gasteiger partial charge in [0.05, 0.1) is 0 Å². The molecule has 4 heteroatoms. The van der Waals surface area contributed by atoms with E-state index in [9.17, 15) is 0 Å². The average molecular weight is 246 g/mol. The fourth-order valence-corrected chi connectivity index (χ4v) is 2.62. The molecule has 0 N–H and O–H groups in total. The van der Waals surface area contributed by atoms with Gasteiger partial charge >= 0.3 is 7.32 Å². The van der Waals surface area contributed by atoms with Crippen molar-refractivity contribution in [2.45, 2.75) is 52.4 Å². The third-order valence-corrected chi connectivity index (χ3v) is 3.63. The standard InChI is InChI=1S/C14H19BO3/c1-3-5-7-10-9-12-14-13(11(10)8-6-4-2)17-15(16-12)18-14/h9H,3-8H2,1-2H3. The lowest BCUT2D eigenvalue weighted by atomic mass is 9.95. The Hall–Kier alpha value is -1.32. The number of rotatable bonds is 6. The van der Waals surface area contributed by atoms with Crippen molar-refractivity contribution in [2.24, 2.45) is 0 Å². The van der Waals surface area contributed by atoms with Gasteiger partial charge in [0.1, 0.15) is 5.75 Å². The zero-order valence-electron chi connectivity index (χ0n) is 11.1. The van der Waals surface area contributed by atoms with Crippen molar-refractivity contribution in [1.82, 2.24) is 0 Å². The quantitative estimate of drug-likeness (QED) is 0.718. The molecule has 96 valence electrons. The topological polar surface area (TPSA) is 27.7 Å². The maximum atomic E-state index is 5.69. The number of fused-ring (bicyclic) bond motifs is 1. The van der Waals surface area contributed by atoms with Crippen LogP contribution in [0.5, 0.6) is 17.2 Å². The van der Waals surface area contributed by atoms with Crippen LogP contribution in [0.1, 0.15) is 50.7 Å². The Morgan fingerprint density at radius 1 is 0.944 bits per heavy atom. The largest absolute Gasteiger partial charge is 0.864 e. The summed E-state index contributed by atoms with van der Waals surface area (Å²) in [5, 5.41) is 0. The normalized spacial score (nSPS) is 14.4. The van der Waals surface area contributed by atoms with E-state index in [1.807, 2.05) is 0 Å². The maximum Gasteiger partial charge on any atom is 0.864 e. The van der Waals surface area contributed by atoms with Crippen LogP contribution in [0, 0.1) is 0 Å². The lowest BCUT2D eigenvalue weighted by Gasteiger charge is -2.17. The second-order valence-corrected chi connectivity index (χ2v) is 5.02. The van der Waals surface area contributed by atoms with Gasteiger partial charge in [-0.25, -0.2) is 0 Å². The molecule has 2 aliphatic heterocycles. The summed E-state index contributed by atoms with van der Waals surface area (Å²) in [6.45, 7) is 4.44. The fraction of sp³-hybridized carbons (Fsp3) is 0.571. The Morgan fingerprint density at radius 3 is 2.39 bits per heavy atom. The number of benzene rings is 1. The van der Waals surface area contributed by atoms with E-state index in [1.165, 1.54) is 36.8 Å². The molecule has 0 aliphatic carbocycles. The molecule has 3 rings (SSSR count). The molecule has 0 aromatic heterocycles. The number of hydrogen-bond acceptors (Lipinski definition) is 3. The van der Waals surface area contributed by atoms with Gasteiger partial charge in [0.15, 0.2) is 11.5 Å². The minimum Gasteiger partial charge on any atom is -0.486 e. The lowest BCUT2D eigenvalue weighted by molar-refractivity contribution is 0.380. The molecule has 2 aliphatic rings. The van der Waals surface area contributed by atoms with E-state index in [2.05, 4.69) is 19.9 Å². The van der Waals surface area contributed by atoms with Crippen molar-refractivity contribution in [3.05, 3.63) is 17.2 Å². The van der Waals surface area contributed by atoms with Gasteiger partial charge in [0.25, 0.3) is 0 Å². The van der Waals surface area contributed by atoms with Crippen molar-refractivity contribution in [2.75, 3.05) is 0 Å². The van der Waals surface area contributed by atoms with Crippen molar-refractivity contribution >= 4 is 7.32 Å². The summed E-state index contributed by atoms with van der Waals surface area (Å²) >= 11 is 0. The Bertz CT molecular complexity index is 457. The third kappa shape index (κ3) is 1.84. The van der Waals surface area contributed by atoms with Crippen LogP contribution in [0.4, 0.5) is 0 Å². The number of aryl methyl sites for hydroxylation is 1. The van der Waals surface area contributed by atoms with E-state index in [0.29, 0.717) is 0 Å². The van der Waals surface area contributed by atoms with Gasteiger partial charge in [-0.2, -0.15) is 0 Å². The highest BCUT2D eigenvalue weighted by atomic mass is 16.8. The molecule has 3 nitrogen and oxygen atoms in total. The number of hydrogen-bond donors (Lipinski definition) is 0. The first-order valence-corrected chi connectivity index (χ1v) is 7.02. The molecule has 0 saturated heterocycles. The first-order valence-electron chi connectivity index (χ1n) is 7.02. The van der Waals surface area contributed by atoms with E-state index in [0.717, 1.165) is 30.1 Å². The van der Waals surface area contributed by atoms with Crippen LogP contribution >= 0.6 is 0 Å². The minimum atomic E-state index is -0.523. The predicted octanol–water partition coefficient (Wildman–Crippen LogP) is 3.52. The average Bonchev–Trinajstić information content (AvgIpc) is 2.95. The second kappa shape index (κ2) is 4.75. The highest BCUT2D eigenvalue weighted by molar-refractivity contribution is 6.43. The predicted molar refractivity (Wildman–Crippen MR) is 71.3 cm³/mol. The molecule has 2 bridgehead atoms. The summed E-state index contributed by atoms with van der Waals surface area (Å²) in [5.74, 6) is 2.64. The van der Waals surface area contributed by atoms with Crippen LogP contribution in [0.2, 0.25) is 0 Å². The summed E-state index contributed by atoms with van der Waals surface area (Å²) in [6.07, 6.45) is 6.99. The monoisotopic (exact) mass is 246 g/mol. The van der Waals surface area contributed by atoms with E-state index < -0.39 is 7.32 Å². The first kappa shape index (κ1) is 11.8. The molecule has 0 amide bonds. The molecular weight excluding hydrogens is 227 g/mol. The van der Waals surface area contributed by atoms with Gasteiger partial charge in [0, 0.05) is 0 Å². The summed E-state index contributed by atoms with van der Waals surface area (Å²) in [6, 6.07) is 2.15. The SMILES string of the molecule is CCCCc1cc2c3c(c1CCCC)OB(O2)O3. The highest BCUT2D eigenvalue weighted by Gasteiger charge is 2.48. The molecule has 0 spiro atoms. The first-order chi connectivity index (χ1) is 8.83. The Morgan fingerprint density at radius 2 is 1.67 bits per heavy atom. The Balaban J connectivity index is 1.95. The van der Waals surface area contributed by atoms with Crippen LogP contribution in [0.3, 0.4) is 0 Å². The minimum absolute atomic E-state index is 0.523. The van der Waals surface area contributed by atoms with Crippen molar-refractivity contribution in [1.29, 1.82) is 0 Å². The molecule has 0 radical (unpaired) electrons. The molecule has 2 heterocycles. The molecule has 0 atom stereocenters. The fourth-order valence-electron chi connectivity index (χ4n) is 2.62. The molecule has 0 unspecified atom stereocenters. The van der Waals surface area contributed by atoms with Gasteiger partial charge < -0.3 is 14.0 Å². The zero-order chi connectivity index (χ0) is 12.5. The van der Waals surface area contributed by atoms with Gasteiger partial charge in [-0.3, -0.25) is 0 Å². The van der Waals surface area contributed by atoms with E-state index in [-0.39, 0.29) is 0 Å². The van der Waals surface area contributed by atoms with Crippen molar-refractivity contribution < 1.29 is 14.0 Å². The van der Waals surface area contributed by atoms with E-state index in [1.54, 1.807) is 0 Å². The smallest absolute Gasteiger partial charge is 0.486 e. The molecule has 18 heavy (non-hydrogen) atoms. The third-order valence-electron chi connectivity index (χ3n) is 3.63. The summed E-state index contributed by atoms with van der Waals surface area (Å²) in [5.41, 5.74) is 2.72. The molecule has 0 fully saturated rings. The maximum absolute atomic E-state index is 5.69. The summed E-state index contributed by atoms with van der Waals surface area (Å²) in [7, 11) is -0.523. The van der Waals surface area contributed by atoms with Gasteiger partial charge in [-0.05, 0) is 42.9 Å². The van der Waals surface area contributed by atoms with E-state index >= 15 is 0 Å². The van der Waals surface area contributed by atoms with Gasteiger partial charge in [-0.15, -0.1) is 0 Å². The van der Waals surface area contributed by atoms with Crippen molar-refractivity contribution in [3.63, 3.8) is 0 Å². The highest BCUT2D eigenvalue weighted by Crippen LogP contribution is 2.51. The summed E-state index contributed by atoms with van der Waals surface area (Å²) < 4.78 is 16.7. The summed E-state index contributed by atoms with van der Waals surface area (Å²) in [4.78, 5) is 0. The van der Waals surface area contributed by atoms with Gasteiger partial charge in [0.2, 0.25) is 0 Å². The molecular formula is C14H19BO3. The molecule has 1 aromatic rings. The van der Waals surface area contributed by atoms with Gasteiger partial charge in [-0.1, -0.05) is 26.7 Å². The number of unbranched alkanes of at least 4 members (excludes halogenated alkanes) is 2. The Kier molecular flexibility index (Phi) is 3.10. The van der Waals surface area contributed by atoms with Crippen LogP contribution in [-0.4, -0.2) is 7.32 Å². The Labute approximate surface area is 109 Å². The zero-order valence-corrected chi connectivity index (χ0v) is 11.1. The molecule has 1 aromatic carbocycles. The van der Waals surface area contributed by atoms with Crippen LogP contribution in [-0.2, 0) is 12.8 Å². The lowest BCUT2D eigenvalue weighted by Crippen LogP contribution is -2.29. The van der Waals surface area contributed by atoms with Crippen LogP contribution in [0.15, 0.2) is 6.07 Å². The molecule has 0 saturated carbocycles. The van der Waals surface area contributed by atoms with Crippen LogP contribution in [0.25, 0.3) is 0 Å². The van der Waals surface area contributed by atoms with Crippen LogP contribution < -0.4 is 14.0 Å². The van der Waals surface area contributed by atoms with E-state index in [4.69, 9.17) is 14.0 Å².